The maximum Gasteiger partial charge on any atom is 0.244 e. The molecule has 1 saturated heterocycles. The van der Waals surface area contributed by atoms with Crippen molar-refractivity contribution in [2.45, 2.75) is 17.1 Å². The fourth-order valence-corrected chi connectivity index (χ4v) is 3.74. The molecule has 18 heavy (non-hydrogen) atoms. The molecule has 1 aromatic carbocycles. The van der Waals surface area contributed by atoms with E-state index in [1.807, 2.05) is 0 Å². The summed E-state index contributed by atoms with van der Waals surface area (Å²) < 4.78 is 38.1. The van der Waals surface area contributed by atoms with Gasteiger partial charge in [0.15, 0.2) is 0 Å². The lowest BCUT2D eigenvalue weighted by Gasteiger charge is -2.16. The lowest BCUT2D eigenvalue weighted by Crippen LogP contribution is -2.30. The molecule has 0 radical (unpaired) electrons. The average molecular weight is 296 g/mol. The van der Waals surface area contributed by atoms with Gasteiger partial charge < -0.3 is 10.2 Å². The molecule has 2 atom stereocenters. The smallest absolute Gasteiger partial charge is 0.244 e. The molecule has 8 heteroatoms. The normalized spacial score (nSPS) is 25.6. The number of rotatable bonds is 2. The predicted molar refractivity (Wildman–Crippen MR) is 62.2 cm³/mol. The number of sulfonamides is 1. The van der Waals surface area contributed by atoms with Crippen molar-refractivity contribution in [3.8, 4) is 0 Å². The molecule has 0 amide bonds. The Morgan fingerprint density at radius 3 is 2.33 bits per heavy atom. The summed E-state index contributed by atoms with van der Waals surface area (Å²) in [4.78, 5) is -0.244. The maximum absolute atomic E-state index is 12.9. The van der Waals surface area contributed by atoms with Crippen molar-refractivity contribution in [2.75, 3.05) is 13.1 Å². The second kappa shape index (κ2) is 4.75. The van der Waals surface area contributed by atoms with E-state index in [1.54, 1.807) is 0 Å². The summed E-state index contributed by atoms with van der Waals surface area (Å²) in [6.45, 7) is -0.422. The van der Waals surface area contributed by atoms with Gasteiger partial charge >= 0.3 is 0 Å². The third-order valence-corrected chi connectivity index (χ3v) is 5.05. The highest BCUT2D eigenvalue weighted by Crippen LogP contribution is 2.27. The number of aliphatic hydroxyl groups excluding tert-OH is 2. The first kappa shape index (κ1) is 13.7. The van der Waals surface area contributed by atoms with Gasteiger partial charge in [0.05, 0.1) is 17.2 Å². The molecule has 1 aromatic rings. The molecule has 100 valence electrons. The minimum absolute atomic E-state index is 0.211. The van der Waals surface area contributed by atoms with Crippen molar-refractivity contribution in [2.24, 2.45) is 0 Å². The van der Waals surface area contributed by atoms with Gasteiger partial charge in [0.2, 0.25) is 10.0 Å². The minimum atomic E-state index is -3.94. The van der Waals surface area contributed by atoms with Gasteiger partial charge in [0.25, 0.3) is 0 Å². The van der Waals surface area contributed by atoms with Crippen LogP contribution in [0.3, 0.4) is 0 Å². The van der Waals surface area contributed by atoms with Gasteiger partial charge in [-0.25, -0.2) is 12.8 Å². The van der Waals surface area contributed by atoms with E-state index < -0.39 is 28.0 Å². The number of hydrogen-bond donors (Lipinski definition) is 2. The van der Waals surface area contributed by atoms with E-state index in [0.717, 1.165) is 22.5 Å². The SMILES string of the molecule is O=S(=O)(c1ccc(F)cc1Cl)N1CC(O)C(O)C1. The van der Waals surface area contributed by atoms with Crippen LogP contribution in [0.25, 0.3) is 0 Å². The molecule has 1 fully saturated rings. The molecular formula is C10H11ClFNO4S. The van der Waals surface area contributed by atoms with Crippen LogP contribution in [0, 0.1) is 5.82 Å². The van der Waals surface area contributed by atoms with Crippen LogP contribution in [0.1, 0.15) is 0 Å². The highest BCUT2D eigenvalue weighted by molar-refractivity contribution is 7.89. The summed E-state index contributed by atoms with van der Waals surface area (Å²) in [6, 6.07) is 2.95. The molecule has 0 saturated carbocycles. The maximum atomic E-state index is 12.9. The monoisotopic (exact) mass is 295 g/mol. The quantitative estimate of drug-likeness (QED) is 0.817. The summed E-state index contributed by atoms with van der Waals surface area (Å²) in [6.07, 6.45) is -2.25. The van der Waals surface area contributed by atoms with Gasteiger partial charge in [-0.05, 0) is 18.2 Å². The number of hydrogen-bond acceptors (Lipinski definition) is 4. The number of aliphatic hydroxyl groups is 2. The van der Waals surface area contributed by atoms with E-state index in [0.29, 0.717) is 0 Å². The molecule has 2 unspecified atom stereocenters. The Balaban J connectivity index is 2.37. The van der Waals surface area contributed by atoms with E-state index in [1.165, 1.54) is 0 Å². The van der Waals surface area contributed by atoms with Crippen LogP contribution < -0.4 is 0 Å². The molecule has 2 N–H and O–H groups in total. The highest BCUT2D eigenvalue weighted by atomic mass is 35.5. The van der Waals surface area contributed by atoms with Crippen LogP contribution in [-0.4, -0.2) is 48.2 Å². The van der Waals surface area contributed by atoms with Gasteiger partial charge in [-0.15, -0.1) is 0 Å². The van der Waals surface area contributed by atoms with Crippen LogP contribution >= 0.6 is 11.6 Å². The molecule has 0 aromatic heterocycles. The lowest BCUT2D eigenvalue weighted by molar-refractivity contribution is 0.0572. The Labute approximate surface area is 108 Å². The van der Waals surface area contributed by atoms with Crippen LogP contribution in [0.5, 0.6) is 0 Å². The minimum Gasteiger partial charge on any atom is -0.389 e. The first-order chi connectivity index (χ1) is 8.32. The van der Waals surface area contributed by atoms with Crippen LogP contribution in [-0.2, 0) is 10.0 Å². The van der Waals surface area contributed by atoms with Crippen molar-refractivity contribution in [3.63, 3.8) is 0 Å². The van der Waals surface area contributed by atoms with Crippen molar-refractivity contribution in [1.29, 1.82) is 0 Å². The van der Waals surface area contributed by atoms with Gasteiger partial charge in [0.1, 0.15) is 10.7 Å². The molecule has 5 nitrogen and oxygen atoms in total. The molecule has 1 heterocycles. The van der Waals surface area contributed by atoms with Gasteiger partial charge in [-0.2, -0.15) is 4.31 Å². The standard InChI is InChI=1S/C10H11ClFNO4S/c11-7-3-6(12)1-2-10(7)18(16,17)13-4-8(14)9(15)5-13/h1-3,8-9,14-15H,4-5H2. The van der Waals surface area contributed by atoms with Crippen LogP contribution in [0.4, 0.5) is 4.39 Å². The molecular weight excluding hydrogens is 285 g/mol. The van der Waals surface area contributed by atoms with Crippen molar-refractivity contribution < 1.29 is 23.0 Å². The van der Waals surface area contributed by atoms with E-state index in [9.17, 15) is 23.0 Å². The van der Waals surface area contributed by atoms with E-state index in [4.69, 9.17) is 11.6 Å². The summed E-state index contributed by atoms with van der Waals surface area (Å²) in [5.41, 5.74) is 0. The zero-order valence-corrected chi connectivity index (χ0v) is 10.7. The largest absolute Gasteiger partial charge is 0.389 e. The van der Waals surface area contributed by atoms with Crippen molar-refractivity contribution in [1.82, 2.24) is 4.31 Å². The number of nitrogens with zero attached hydrogens (tertiary/aromatic N) is 1. The molecule has 0 spiro atoms. The number of halogens is 2. The Bertz CT molecular complexity index is 555. The van der Waals surface area contributed by atoms with Gasteiger partial charge in [-0.3, -0.25) is 0 Å². The Kier molecular flexibility index (Phi) is 3.61. The lowest BCUT2D eigenvalue weighted by atomic mass is 10.3. The third-order valence-electron chi connectivity index (χ3n) is 2.74. The first-order valence-corrected chi connectivity index (χ1v) is 6.95. The van der Waals surface area contributed by atoms with Gasteiger partial charge in [0, 0.05) is 13.1 Å². The highest BCUT2D eigenvalue weighted by Gasteiger charge is 2.38. The zero-order valence-electron chi connectivity index (χ0n) is 9.12. The zero-order chi connectivity index (χ0) is 13.5. The van der Waals surface area contributed by atoms with Crippen LogP contribution in [0.2, 0.25) is 5.02 Å². The number of β-amino-alcohol motifs (C(OH)–C–C–N with tert-alkyl or cyclic N) is 2. The van der Waals surface area contributed by atoms with Crippen molar-refractivity contribution >= 4 is 21.6 Å². The first-order valence-electron chi connectivity index (χ1n) is 5.13. The predicted octanol–water partition coefficient (Wildman–Crippen LogP) is 0.205. The Hall–Kier alpha value is -0.730. The molecule has 1 aliphatic heterocycles. The average Bonchev–Trinajstić information content (AvgIpc) is 2.59. The van der Waals surface area contributed by atoms with E-state index in [2.05, 4.69) is 0 Å². The fourth-order valence-electron chi connectivity index (χ4n) is 1.75. The summed E-state index contributed by atoms with van der Waals surface area (Å²) in [5, 5.41) is 18.5. The van der Waals surface area contributed by atoms with E-state index >= 15 is 0 Å². The van der Waals surface area contributed by atoms with E-state index in [-0.39, 0.29) is 23.0 Å². The molecule has 0 bridgehead atoms. The summed E-state index contributed by atoms with van der Waals surface area (Å²) in [7, 11) is -3.94. The second-order valence-corrected chi connectivity index (χ2v) is 6.35. The molecule has 1 aliphatic rings. The third kappa shape index (κ3) is 2.36. The van der Waals surface area contributed by atoms with Crippen LogP contribution in [0.15, 0.2) is 23.1 Å². The Morgan fingerprint density at radius 1 is 1.28 bits per heavy atom. The second-order valence-electron chi connectivity index (χ2n) is 4.03. The number of benzene rings is 1. The molecule has 0 aliphatic carbocycles. The fraction of sp³-hybridized carbons (Fsp3) is 0.400. The summed E-state index contributed by atoms with van der Waals surface area (Å²) in [5.74, 6) is -0.638. The molecule has 2 rings (SSSR count). The Morgan fingerprint density at radius 2 is 1.83 bits per heavy atom. The van der Waals surface area contributed by atoms with Crippen molar-refractivity contribution in [3.05, 3.63) is 29.0 Å². The van der Waals surface area contributed by atoms with Gasteiger partial charge in [-0.1, -0.05) is 11.6 Å². The summed E-state index contributed by atoms with van der Waals surface area (Å²) >= 11 is 5.69. The topological polar surface area (TPSA) is 77.8 Å².